The van der Waals surface area contributed by atoms with E-state index >= 15 is 0 Å². The van der Waals surface area contributed by atoms with E-state index in [1.165, 1.54) is 43.4 Å². The van der Waals surface area contributed by atoms with Gasteiger partial charge in [-0.15, -0.1) is 10.2 Å². The van der Waals surface area contributed by atoms with Gasteiger partial charge in [0.15, 0.2) is 0 Å². The Kier molecular flexibility index (Phi) is 8.31. The number of hydrogen-bond acceptors (Lipinski definition) is 5. The van der Waals surface area contributed by atoms with Gasteiger partial charge in [-0.25, -0.2) is 0 Å². The van der Waals surface area contributed by atoms with Gasteiger partial charge in [-0.1, -0.05) is 50.4 Å². The molecule has 1 fully saturated rings. The molecule has 0 unspecified atom stereocenters. The first-order valence-corrected chi connectivity index (χ1v) is 10.3. The molecule has 0 radical (unpaired) electrons. The van der Waals surface area contributed by atoms with Crippen molar-refractivity contribution in [2.24, 2.45) is 5.92 Å². The fourth-order valence-electron chi connectivity index (χ4n) is 3.13. The summed E-state index contributed by atoms with van der Waals surface area (Å²) in [6, 6.07) is 0. The number of carbonyl (C=O) groups is 2. The van der Waals surface area contributed by atoms with Gasteiger partial charge in [-0.05, 0) is 19.3 Å². The summed E-state index contributed by atoms with van der Waals surface area (Å²) in [7, 11) is 0. The Morgan fingerprint density at radius 1 is 1.12 bits per heavy atom. The molecule has 0 aliphatic carbocycles. The van der Waals surface area contributed by atoms with Crippen molar-refractivity contribution in [1.82, 2.24) is 15.1 Å². The second kappa shape index (κ2) is 10.5. The molecule has 1 aromatic rings. The molecule has 2 rings (SSSR count). The number of piperidine rings is 1. The maximum absolute atomic E-state index is 12.3. The SMILES string of the molecule is CCCCCCCCc1nnc(NC(=O)C2CCN(C(C)=O)CC2)s1. The highest BCUT2D eigenvalue weighted by Gasteiger charge is 2.26. The third kappa shape index (κ3) is 6.72. The highest BCUT2D eigenvalue weighted by atomic mass is 32.1. The number of aryl methyl sites for hydroxylation is 1. The number of nitrogens with zero attached hydrogens (tertiary/aromatic N) is 3. The molecular formula is C18H30N4O2S. The van der Waals surface area contributed by atoms with Gasteiger partial charge in [0, 0.05) is 32.4 Å². The van der Waals surface area contributed by atoms with Crippen LogP contribution in [0.2, 0.25) is 0 Å². The second-order valence-electron chi connectivity index (χ2n) is 6.79. The average Bonchev–Trinajstić information content (AvgIpc) is 3.05. The number of rotatable bonds is 9. The van der Waals surface area contributed by atoms with E-state index in [9.17, 15) is 9.59 Å². The number of aromatic nitrogens is 2. The second-order valence-corrected chi connectivity index (χ2v) is 7.85. The number of carbonyl (C=O) groups excluding carboxylic acids is 2. The van der Waals surface area contributed by atoms with Crippen LogP contribution in [-0.2, 0) is 16.0 Å². The lowest BCUT2D eigenvalue weighted by atomic mass is 9.96. The molecule has 1 saturated heterocycles. The zero-order chi connectivity index (χ0) is 18.1. The zero-order valence-electron chi connectivity index (χ0n) is 15.4. The van der Waals surface area contributed by atoms with E-state index < -0.39 is 0 Å². The minimum Gasteiger partial charge on any atom is -0.343 e. The molecule has 25 heavy (non-hydrogen) atoms. The van der Waals surface area contributed by atoms with Gasteiger partial charge < -0.3 is 10.2 Å². The molecule has 0 atom stereocenters. The predicted molar refractivity (Wildman–Crippen MR) is 101 cm³/mol. The summed E-state index contributed by atoms with van der Waals surface area (Å²) in [4.78, 5) is 25.5. The first kappa shape index (κ1) is 19.8. The van der Waals surface area contributed by atoms with Crippen LogP contribution in [0, 0.1) is 5.92 Å². The third-order valence-electron chi connectivity index (χ3n) is 4.75. The summed E-state index contributed by atoms with van der Waals surface area (Å²) in [5, 5.41) is 12.8. The van der Waals surface area contributed by atoms with Crippen molar-refractivity contribution in [3.05, 3.63) is 5.01 Å². The van der Waals surface area contributed by atoms with E-state index in [0.29, 0.717) is 18.2 Å². The summed E-state index contributed by atoms with van der Waals surface area (Å²) < 4.78 is 0. The van der Waals surface area contributed by atoms with Crippen LogP contribution in [0.15, 0.2) is 0 Å². The maximum atomic E-state index is 12.3. The van der Waals surface area contributed by atoms with E-state index in [4.69, 9.17) is 0 Å². The highest BCUT2D eigenvalue weighted by molar-refractivity contribution is 7.15. The van der Waals surface area contributed by atoms with Crippen molar-refractivity contribution in [3.8, 4) is 0 Å². The lowest BCUT2D eigenvalue weighted by molar-refractivity contribution is -0.132. The minimum atomic E-state index is -0.0403. The fourth-order valence-corrected chi connectivity index (χ4v) is 3.91. The van der Waals surface area contributed by atoms with Crippen LogP contribution in [0.4, 0.5) is 5.13 Å². The molecule has 1 N–H and O–H groups in total. The summed E-state index contributed by atoms with van der Waals surface area (Å²) in [6.07, 6.45) is 9.94. The van der Waals surface area contributed by atoms with Gasteiger partial charge in [0.2, 0.25) is 16.9 Å². The van der Waals surface area contributed by atoms with Crippen molar-refractivity contribution in [1.29, 1.82) is 0 Å². The molecule has 1 aliphatic heterocycles. The van der Waals surface area contributed by atoms with Gasteiger partial charge >= 0.3 is 0 Å². The first-order chi connectivity index (χ1) is 12.1. The topological polar surface area (TPSA) is 75.2 Å². The van der Waals surface area contributed by atoms with Gasteiger partial charge in [-0.3, -0.25) is 9.59 Å². The van der Waals surface area contributed by atoms with Crippen molar-refractivity contribution in [2.45, 2.75) is 71.6 Å². The van der Waals surface area contributed by atoms with Crippen molar-refractivity contribution >= 4 is 28.3 Å². The van der Waals surface area contributed by atoms with Crippen LogP contribution in [-0.4, -0.2) is 40.0 Å². The first-order valence-electron chi connectivity index (χ1n) is 9.49. The smallest absolute Gasteiger partial charge is 0.229 e. The van der Waals surface area contributed by atoms with Crippen LogP contribution < -0.4 is 5.32 Å². The Hall–Kier alpha value is -1.50. The number of unbranched alkanes of at least 4 members (excludes halogenated alkanes) is 5. The molecule has 140 valence electrons. The van der Waals surface area contributed by atoms with Crippen molar-refractivity contribution in [2.75, 3.05) is 18.4 Å². The van der Waals surface area contributed by atoms with Crippen LogP contribution in [0.25, 0.3) is 0 Å². The molecule has 7 heteroatoms. The van der Waals surface area contributed by atoms with Gasteiger partial charge in [0.25, 0.3) is 0 Å². The Balaban J connectivity index is 1.68. The number of likely N-dealkylation sites (tertiary alicyclic amines) is 1. The van der Waals surface area contributed by atoms with Crippen LogP contribution in [0.1, 0.15) is 70.2 Å². The standard InChI is InChI=1S/C18H30N4O2S/c1-3-4-5-6-7-8-9-16-20-21-18(25-16)19-17(24)15-10-12-22(13-11-15)14(2)23/h15H,3-13H2,1-2H3,(H,19,21,24). The zero-order valence-corrected chi connectivity index (χ0v) is 16.2. The third-order valence-corrected chi connectivity index (χ3v) is 5.65. The lowest BCUT2D eigenvalue weighted by Crippen LogP contribution is -2.40. The number of amides is 2. The normalized spacial score (nSPS) is 15.4. The lowest BCUT2D eigenvalue weighted by Gasteiger charge is -2.30. The largest absolute Gasteiger partial charge is 0.343 e. The molecule has 1 aromatic heterocycles. The molecule has 0 aromatic carbocycles. The van der Waals surface area contributed by atoms with Gasteiger partial charge in [-0.2, -0.15) is 0 Å². The molecule has 1 aliphatic rings. The minimum absolute atomic E-state index is 0.00506. The number of anilines is 1. The highest BCUT2D eigenvalue weighted by Crippen LogP contribution is 2.22. The summed E-state index contributed by atoms with van der Waals surface area (Å²) in [6.45, 7) is 5.12. The van der Waals surface area contributed by atoms with Crippen LogP contribution >= 0.6 is 11.3 Å². The van der Waals surface area contributed by atoms with Gasteiger partial charge in [0.05, 0.1) is 0 Å². The van der Waals surface area contributed by atoms with E-state index in [0.717, 1.165) is 30.7 Å². The quantitative estimate of drug-likeness (QED) is 0.677. The van der Waals surface area contributed by atoms with Crippen molar-refractivity contribution < 1.29 is 9.59 Å². The maximum Gasteiger partial charge on any atom is 0.229 e. The van der Waals surface area contributed by atoms with Crippen LogP contribution in [0.3, 0.4) is 0 Å². The summed E-state index contributed by atoms with van der Waals surface area (Å²) >= 11 is 1.48. The average molecular weight is 367 g/mol. The Morgan fingerprint density at radius 2 is 1.80 bits per heavy atom. The van der Waals surface area contributed by atoms with Crippen LogP contribution in [0.5, 0.6) is 0 Å². The van der Waals surface area contributed by atoms with E-state index in [1.54, 1.807) is 11.8 Å². The summed E-state index contributed by atoms with van der Waals surface area (Å²) in [5.74, 6) is 0.0503. The number of nitrogens with one attached hydrogen (secondary N) is 1. The molecule has 0 saturated carbocycles. The summed E-state index contributed by atoms with van der Waals surface area (Å²) in [5.41, 5.74) is 0. The van der Waals surface area contributed by atoms with E-state index in [1.807, 2.05) is 0 Å². The molecule has 2 amide bonds. The molecule has 2 heterocycles. The fraction of sp³-hybridized carbons (Fsp3) is 0.778. The monoisotopic (exact) mass is 366 g/mol. The Morgan fingerprint density at radius 3 is 2.48 bits per heavy atom. The van der Waals surface area contributed by atoms with Crippen molar-refractivity contribution in [3.63, 3.8) is 0 Å². The molecule has 0 bridgehead atoms. The molecule has 0 spiro atoms. The Bertz CT molecular complexity index is 553. The number of hydrogen-bond donors (Lipinski definition) is 1. The van der Waals surface area contributed by atoms with E-state index in [2.05, 4.69) is 22.4 Å². The molecular weight excluding hydrogens is 336 g/mol. The molecule has 6 nitrogen and oxygen atoms in total. The van der Waals surface area contributed by atoms with Gasteiger partial charge in [0.1, 0.15) is 5.01 Å². The Labute approximate surface area is 154 Å². The van der Waals surface area contributed by atoms with E-state index in [-0.39, 0.29) is 17.7 Å². The predicted octanol–water partition coefficient (Wildman–Crippen LogP) is 3.64.